The van der Waals surface area contributed by atoms with Gasteiger partial charge >= 0.3 is 6.18 Å². The molecule has 0 bridgehead atoms. The van der Waals surface area contributed by atoms with E-state index >= 15 is 0 Å². The van der Waals surface area contributed by atoms with Gasteiger partial charge in [-0.2, -0.15) is 13.2 Å². The van der Waals surface area contributed by atoms with E-state index in [1.165, 1.54) is 0 Å². The van der Waals surface area contributed by atoms with Crippen LogP contribution >= 0.6 is 23.2 Å². The van der Waals surface area contributed by atoms with Crippen LogP contribution in [-0.2, 0) is 6.42 Å². The molecule has 0 amide bonds. The summed E-state index contributed by atoms with van der Waals surface area (Å²) in [5.74, 6) is 0. The fourth-order valence-corrected chi connectivity index (χ4v) is 2.06. The van der Waals surface area contributed by atoms with E-state index in [2.05, 4.69) is 5.32 Å². The van der Waals surface area contributed by atoms with Crippen LogP contribution in [0.15, 0.2) is 18.2 Å². The Balaban J connectivity index is 2.65. The SMILES string of the molecule is CNC(CCC(F)(F)F)Cc1cccc(Cl)c1Cl. The summed E-state index contributed by atoms with van der Waals surface area (Å²) in [6.07, 6.45) is -4.50. The van der Waals surface area contributed by atoms with Gasteiger partial charge in [-0.3, -0.25) is 0 Å². The Labute approximate surface area is 114 Å². The lowest BCUT2D eigenvalue weighted by Gasteiger charge is -2.18. The first-order valence-corrected chi connectivity index (χ1v) is 6.26. The van der Waals surface area contributed by atoms with Gasteiger partial charge in [0.05, 0.1) is 10.0 Å². The molecule has 1 N–H and O–H groups in total. The molecule has 0 radical (unpaired) electrons. The first-order chi connectivity index (χ1) is 8.33. The molecule has 0 aromatic heterocycles. The molecule has 1 nitrogen and oxygen atoms in total. The van der Waals surface area contributed by atoms with Gasteiger partial charge in [0, 0.05) is 12.5 Å². The van der Waals surface area contributed by atoms with Crippen molar-refractivity contribution in [3.63, 3.8) is 0 Å². The average molecular weight is 300 g/mol. The standard InChI is InChI=1S/C12H14Cl2F3N/c1-18-9(5-6-12(15,16)17)7-8-3-2-4-10(13)11(8)14/h2-4,9,18H,5-7H2,1H3. The molecule has 0 aliphatic heterocycles. The highest BCUT2D eigenvalue weighted by molar-refractivity contribution is 6.42. The second kappa shape index (κ2) is 6.64. The van der Waals surface area contributed by atoms with E-state index in [0.717, 1.165) is 5.56 Å². The van der Waals surface area contributed by atoms with Crippen LogP contribution in [0.1, 0.15) is 18.4 Å². The number of benzene rings is 1. The van der Waals surface area contributed by atoms with Crippen molar-refractivity contribution in [2.75, 3.05) is 7.05 Å². The molecule has 0 saturated heterocycles. The lowest BCUT2D eigenvalue weighted by Crippen LogP contribution is -2.29. The van der Waals surface area contributed by atoms with Crippen molar-refractivity contribution < 1.29 is 13.2 Å². The van der Waals surface area contributed by atoms with Gasteiger partial charge < -0.3 is 5.32 Å². The molecule has 1 aromatic carbocycles. The van der Waals surface area contributed by atoms with Crippen LogP contribution in [0.25, 0.3) is 0 Å². The Morgan fingerprint density at radius 1 is 1.28 bits per heavy atom. The molecule has 102 valence electrons. The van der Waals surface area contributed by atoms with Crippen LogP contribution in [-0.4, -0.2) is 19.3 Å². The van der Waals surface area contributed by atoms with E-state index in [9.17, 15) is 13.2 Å². The van der Waals surface area contributed by atoms with E-state index in [1.807, 2.05) is 0 Å². The molecule has 0 fully saturated rings. The van der Waals surface area contributed by atoms with E-state index in [1.54, 1.807) is 25.2 Å². The highest BCUT2D eigenvalue weighted by Crippen LogP contribution is 2.28. The smallest absolute Gasteiger partial charge is 0.317 e. The second-order valence-corrected chi connectivity index (χ2v) is 4.84. The predicted molar refractivity (Wildman–Crippen MR) is 68.3 cm³/mol. The summed E-state index contributed by atoms with van der Waals surface area (Å²) >= 11 is 11.9. The van der Waals surface area contributed by atoms with E-state index in [0.29, 0.717) is 16.5 Å². The average Bonchev–Trinajstić information content (AvgIpc) is 2.28. The molecule has 0 saturated carbocycles. The zero-order valence-corrected chi connectivity index (χ0v) is 11.3. The minimum atomic E-state index is -4.13. The zero-order valence-electron chi connectivity index (χ0n) is 9.82. The minimum absolute atomic E-state index is 0.0167. The van der Waals surface area contributed by atoms with Gasteiger partial charge in [0.2, 0.25) is 0 Å². The molecule has 1 rings (SSSR count). The Hall–Kier alpha value is -0.450. The van der Waals surface area contributed by atoms with Gasteiger partial charge in [0.15, 0.2) is 0 Å². The van der Waals surface area contributed by atoms with E-state index in [4.69, 9.17) is 23.2 Å². The molecule has 0 spiro atoms. The normalized spacial score (nSPS) is 13.7. The van der Waals surface area contributed by atoms with Crippen molar-refractivity contribution in [1.82, 2.24) is 5.32 Å². The third-order valence-electron chi connectivity index (χ3n) is 2.68. The summed E-state index contributed by atoms with van der Waals surface area (Å²) in [6.45, 7) is 0. The van der Waals surface area contributed by atoms with Gasteiger partial charge in [-0.25, -0.2) is 0 Å². The van der Waals surface area contributed by atoms with Gasteiger partial charge in [0.25, 0.3) is 0 Å². The molecule has 0 aliphatic rings. The summed E-state index contributed by atoms with van der Waals surface area (Å²) in [7, 11) is 1.64. The third-order valence-corrected chi connectivity index (χ3v) is 3.54. The topological polar surface area (TPSA) is 12.0 Å². The van der Waals surface area contributed by atoms with Crippen molar-refractivity contribution in [2.24, 2.45) is 0 Å². The van der Waals surface area contributed by atoms with Gasteiger partial charge in [-0.15, -0.1) is 0 Å². The van der Waals surface area contributed by atoms with Crippen molar-refractivity contribution in [3.8, 4) is 0 Å². The Bertz CT molecular complexity index is 393. The number of halogens is 5. The molecule has 6 heteroatoms. The number of likely N-dealkylation sites (N-methyl/N-ethyl adjacent to an activating group) is 1. The predicted octanol–water partition coefficient (Wildman–Crippen LogP) is 4.47. The van der Waals surface area contributed by atoms with Crippen molar-refractivity contribution in [1.29, 1.82) is 0 Å². The Kier molecular flexibility index (Phi) is 5.76. The molecule has 0 heterocycles. The lowest BCUT2D eigenvalue weighted by molar-refractivity contribution is -0.136. The van der Waals surface area contributed by atoms with Crippen LogP contribution in [0.5, 0.6) is 0 Å². The Morgan fingerprint density at radius 2 is 1.94 bits per heavy atom. The minimum Gasteiger partial charge on any atom is -0.317 e. The van der Waals surface area contributed by atoms with Gasteiger partial charge in [-0.1, -0.05) is 35.3 Å². The van der Waals surface area contributed by atoms with Crippen LogP contribution < -0.4 is 5.32 Å². The van der Waals surface area contributed by atoms with Crippen LogP contribution in [0.2, 0.25) is 10.0 Å². The van der Waals surface area contributed by atoms with Crippen molar-refractivity contribution in [3.05, 3.63) is 33.8 Å². The number of rotatable bonds is 5. The number of nitrogens with one attached hydrogen (secondary N) is 1. The summed E-state index contributed by atoms with van der Waals surface area (Å²) in [6, 6.07) is 4.88. The maximum atomic E-state index is 12.2. The maximum absolute atomic E-state index is 12.2. The van der Waals surface area contributed by atoms with Crippen LogP contribution in [0.4, 0.5) is 13.2 Å². The molecular formula is C12H14Cl2F3N. The summed E-state index contributed by atoms with van der Waals surface area (Å²) < 4.78 is 36.5. The number of hydrogen-bond acceptors (Lipinski definition) is 1. The monoisotopic (exact) mass is 299 g/mol. The van der Waals surface area contributed by atoms with Gasteiger partial charge in [0.1, 0.15) is 0 Å². The third kappa shape index (κ3) is 5.04. The van der Waals surface area contributed by atoms with E-state index in [-0.39, 0.29) is 12.5 Å². The Morgan fingerprint density at radius 3 is 2.50 bits per heavy atom. The van der Waals surface area contributed by atoms with Gasteiger partial charge in [-0.05, 0) is 31.5 Å². The molecule has 1 aromatic rings. The number of alkyl halides is 3. The second-order valence-electron chi connectivity index (χ2n) is 4.06. The first-order valence-electron chi connectivity index (χ1n) is 5.50. The molecule has 18 heavy (non-hydrogen) atoms. The highest BCUT2D eigenvalue weighted by atomic mass is 35.5. The van der Waals surface area contributed by atoms with Crippen molar-refractivity contribution >= 4 is 23.2 Å². The summed E-state index contributed by atoms with van der Waals surface area (Å²) in [5, 5.41) is 3.69. The quantitative estimate of drug-likeness (QED) is 0.846. The van der Waals surface area contributed by atoms with E-state index < -0.39 is 12.6 Å². The first kappa shape index (κ1) is 15.6. The number of hydrogen-bond donors (Lipinski definition) is 1. The zero-order chi connectivity index (χ0) is 13.8. The van der Waals surface area contributed by atoms with Crippen LogP contribution in [0.3, 0.4) is 0 Å². The van der Waals surface area contributed by atoms with Crippen LogP contribution in [0, 0.1) is 0 Å². The fourth-order valence-electron chi connectivity index (χ4n) is 1.66. The molecule has 1 unspecified atom stereocenters. The fraction of sp³-hybridized carbons (Fsp3) is 0.500. The molecular weight excluding hydrogens is 286 g/mol. The van der Waals surface area contributed by atoms with Crippen molar-refractivity contribution in [2.45, 2.75) is 31.5 Å². The molecule has 1 atom stereocenters. The summed E-state index contributed by atoms with van der Waals surface area (Å²) in [5.41, 5.74) is 0.755. The highest BCUT2D eigenvalue weighted by Gasteiger charge is 2.28. The lowest BCUT2D eigenvalue weighted by atomic mass is 10.0. The maximum Gasteiger partial charge on any atom is 0.389 e. The summed E-state index contributed by atoms with van der Waals surface area (Å²) in [4.78, 5) is 0. The largest absolute Gasteiger partial charge is 0.389 e. The molecule has 0 aliphatic carbocycles.